The number of hydrogen-bond acceptors (Lipinski definition) is 2. The summed E-state index contributed by atoms with van der Waals surface area (Å²) in [6.45, 7) is 9.22. The first-order valence-electron chi connectivity index (χ1n) is 5.15. The Kier molecular flexibility index (Phi) is 4.91. The molecule has 0 bridgehead atoms. The van der Waals surface area contributed by atoms with Gasteiger partial charge in [0.05, 0.1) is 12.7 Å². The molecule has 2 heteroatoms. The maximum atomic E-state index is 5.37. The summed E-state index contributed by atoms with van der Waals surface area (Å²) in [5.74, 6) is 0.937. The maximum absolute atomic E-state index is 5.37. The van der Waals surface area contributed by atoms with Crippen LogP contribution in [0, 0.1) is 6.92 Å². The van der Waals surface area contributed by atoms with Gasteiger partial charge in [-0.15, -0.1) is 0 Å². The van der Waals surface area contributed by atoms with Gasteiger partial charge in [0.2, 0.25) is 0 Å². The molecule has 0 radical (unpaired) electrons. The van der Waals surface area contributed by atoms with E-state index in [1.54, 1.807) is 6.08 Å². The maximum Gasteiger partial charge on any atom is 0.122 e. The van der Waals surface area contributed by atoms with Crippen molar-refractivity contribution in [1.82, 2.24) is 0 Å². The first-order valence-corrected chi connectivity index (χ1v) is 5.15. The third kappa shape index (κ3) is 5.23. The Balaban J connectivity index is 0.000000234. The van der Waals surface area contributed by atoms with Gasteiger partial charge in [0.15, 0.2) is 0 Å². The lowest BCUT2D eigenvalue weighted by Gasteiger charge is -2.04. The van der Waals surface area contributed by atoms with Crippen LogP contribution in [0.1, 0.15) is 12.5 Å². The Labute approximate surface area is 91.5 Å². The summed E-state index contributed by atoms with van der Waals surface area (Å²) in [5.41, 5.74) is 1.16. The molecule has 1 unspecified atom stereocenters. The quantitative estimate of drug-likeness (QED) is 0.560. The van der Waals surface area contributed by atoms with Crippen LogP contribution >= 0.6 is 0 Å². The summed E-state index contributed by atoms with van der Waals surface area (Å²) < 4.78 is 10.1. The molecule has 0 spiro atoms. The van der Waals surface area contributed by atoms with Gasteiger partial charge < -0.3 is 9.47 Å². The molecule has 1 fully saturated rings. The molecular formula is C13H18O2. The van der Waals surface area contributed by atoms with E-state index in [-0.39, 0.29) is 0 Å². The van der Waals surface area contributed by atoms with Crippen molar-refractivity contribution in [3.8, 4) is 5.75 Å². The predicted molar refractivity (Wildman–Crippen MR) is 62.3 cm³/mol. The van der Waals surface area contributed by atoms with E-state index in [9.17, 15) is 0 Å². The molecule has 82 valence electrons. The summed E-state index contributed by atoms with van der Waals surface area (Å²) in [6, 6.07) is 7.94. The second-order valence-corrected chi connectivity index (χ2v) is 3.51. The van der Waals surface area contributed by atoms with E-state index < -0.39 is 0 Å². The Morgan fingerprint density at radius 3 is 2.60 bits per heavy atom. The van der Waals surface area contributed by atoms with Crippen molar-refractivity contribution in [1.29, 1.82) is 0 Å². The van der Waals surface area contributed by atoms with E-state index >= 15 is 0 Å². The normalized spacial score (nSPS) is 17.3. The summed E-state index contributed by atoms with van der Waals surface area (Å²) in [5, 5.41) is 0. The lowest BCUT2D eigenvalue weighted by atomic mass is 10.2. The number of hydrogen-bond donors (Lipinski definition) is 0. The van der Waals surface area contributed by atoms with Crippen molar-refractivity contribution < 1.29 is 9.47 Å². The molecule has 1 aromatic carbocycles. The fourth-order valence-corrected chi connectivity index (χ4v) is 0.963. The standard InChI is InChI=1S/C10H12O.C3H6O/c1-3-8-11-10-7-5-4-6-9(10)2;1-3-2-4-3/h3-7H,1,8H2,2H3;3H,2H2,1H3. The van der Waals surface area contributed by atoms with E-state index in [0.29, 0.717) is 12.7 Å². The van der Waals surface area contributed by atoms with Gasteiger partial charge in [-0.1, -0.05) is 30.9 Å². The number of ether oxygens (including phenoxy) is 2. The van der Waals surface area contributed by atoms with Crippen LogP contribution < -0.4 is 4.74 Å². The zero-order valence-corrected chi connectivity index (χ0v) is 9.40. The van der Waals surface area contributed by atoms with Gasteiger partial charge >= 0.3 is 0 Å². The van der Waals surface area contributed by atoms with Crippen molar-refractivity contribution in [3.63, 3.8) is 0 Å². The molecule has 1 aliphatic rings. The highest BCUT2D eigenvalue weighted by Gasteiger charge is 2.13. The molecule has 2 rings (SSSR count). The Morgan fingerprint density at radius 1 is 1.53 bits per heavy atom. The molecule has 1 heterocycles. The molecule has 0 aromatic heterocycles. The first-order chi connectivity index (χ1) is 7.24. The van der Waals surface area contributed by atoms with Crippen LogP contribution in [0.5, 0.6) is 5.75 Å². The molecule has 15 heavy (non-hydrogen) atoms. The Bertz CT molecular complexity index is 303. The molecule has 0 saturated carbocycles. The van der Waals surface area contributed by atoms with Crippen LogP contribution in [0.2, 0.25) is 0 Å². The van der Waals surface area contributed by atoms with Crippen molar-refractivity contribution in [3.05, 3.63) is 42.5 Å². The van der Waals surface area contributed by atoms with Gasteiger partial charge in [-0.2, -0.15) is 0 Å². The van der Waals surface area contributed by atoms with Gasteiger partial charge in [-0.25, -0.2) is 0 Å². The van der Waals surface area contributed by atoms with Gasteiger partial charge in [0.1, 0.15) is 12.4 Å². The molecule has 0 amide bonds. The van der Waals surface area contributed by atoms with Crippen LogP contribution in [0.15, 0.2) is 36.9 Å². The minimum absolute atomic E-state index is 0.574. The van der Waals surface area contributed by atoms with E-state index in [0.717, 1.165) is 17.9 Å². The summed E-state index contributed by atoms with van der Waals surface area (Å²) in [6.07, 6.45) is 2.33. The lowest BCUT2D eigenvalue weighted by Crippen LogP contribution is -1.93. The second-order valence-electron chi connectivity index (χ2n) is 3.51. The van der Waals surface area contributed by atoms with Gasteiger partial charge in [0, 0.05) is 0 Å². The van der Waals surface area contributed by atoms with Crippen LogP contribution in [0.25, 0.3) is 0 Å². The first kappa shape index (κ1) is 11.8. The van der Waals surface area contributed by atoms with E-state index in [1.165, 1.54) is 0 Å². The molecule has 0 N–H and O–H groups in total. The number of para-hydroxylation sites is 1. The number of aryl methyl sites for hydroxylation is 1. The minimum atomic E-state index is 0.574. The molecular weight excluding hydrogens is 188 g/mol. The largest absolute Gasteiger partial charge is 0.489 e. The highest BCUT2D eigenvalue weighted by molar-refractivity contribution is 5.31. The Morgan fingerprint density at radius 2 is 2.13 bits per heavy atom. The fraction of sp³-hybridized carbons (Fsp3) is 0.385. The lowest BCUT2D eigenvalue weighted by molar-refractivity contribution is 0.360. The number of rotatable bonds is 3. The average Bonchev–Trinajstić information content (AvgIpc) is 3.01. The van der Waals surface area contributed by atoms with Crippen molar-refractivity contribution in [2.45, 2.75) is 20.0 Å². The Hall–Kier alpha value is -1.28. The zero-order chi connectivity index (χ0) is 11.1. The zero-order valence-electron chi connectivity index (χ0n) is 9.40. The molecule has 1 aliphatic heterocycles. The van der Waals surface area contributed by atoms with Crippen molar-refractivity contribution >= 4 is 0 Å². The third-order valence-electron chi connectivity index (χ3n) is 1.95. The summed E-state index contributed by atoms with van der Waals surface area (Å²) >= 11 is 0. The van der Waals surface area contributed by atoms with Gasteiger partial charge in [-0.3, -0.25) is 0 Å². The van der Waals surface area contributed by atoms with Crippen molar-refractivity contribution in [2.75, 3.05) is 13.2 Å². The third-order valence-corrected chi connectivity index (χ3v) is 1.95. The average molecular weight is 206 g/mol. The van der Waals surface area contributed by atoms with Crippen LogP contribution in [-0.4, -0.2) is 19.3 Å². The fourth-order valence-electron chi connectivity index (χ4n) is 0.963. The minimum Gasteiger partial charge on any atom is -0.489 e. The monoisotopic (exact) mass is 206 g/mol. The van der Waals surface area contributed by atoms with Crippen molar-refractivity contribution in [2.24, 2.45) is 0 Å². The summed E-state index contributed by atoms with van der Waals surface area (Å²) in [7, 11) is 0. The van der Waals surface area contributed by atoms with Crippen LogP contribution in [0.4, 0.5) is 0 Å². The highest BCUT2D eigenvalue weighted by atomic mass is 16.6. The topological polar surface area (TPSA) is 21.8 Å². The predicted octanol–water partition coefficient (Wildman–Crippen LogP) is 2.96. The molecule has 0 aliphatic carbocycles. The van der Waals surface area contributed by atoms with Gasteiger partial charge in [0.25, 0.3) is 0 Å². The van der Waals surface area contributed by atoms with E-state index in [4.69, 9.17) is 9.47 Å². The van der Waals surface area contributed by atoms with Crippen LogP contribution in [-0.2, 0) is 4.74 Å². The second kappa shape index (κ2) is 6.25. The van der Waals surface area contributed by atoms with E-state index in [2.05, 4.69) is 13.5 Å². The number of benzene rings is 1. The molecule has 1 saturated heterocycles. The SMILES string of the molecule is C=CCOc1ccccc1C.CC1CO1. The molecule has 1 aromatic rings. The van der Waals surface area contributed by atoms with E-state index in [1.807, 2.05) is 31.2 Å². The molecule has 2 nitrogen and oxygen atoms in total. The molecule has 1 atom stereocenters. The smallest absolute Gasteiger partial charge is 0.122 e. The number of epoxide rings is 1. The summed E-state index contributed by atoms with van der Waals surface area (Å²) in [4.78, 5) is 0. The highest BCUT2D eigenvalue weighted by Crippen LogP contribution is 2.15. The van der Waals surface area contributed by atoms with Crippen LogP contribution in [0.3, 0.4) is 0 Å². The van der Waals surface area contributed by atoms with Gasteiger partial charge in [-0.05, 0) is 25.5 Å².